The van der Waals surface area contributed by atoms with Crippen molar-refractivity contribution in [3.8, 4) is 11.1 Å². The van der Waals surface area contributed by atoms with Crippen LogP contribution in [0.1, 0.15) is 30.6 Å². The largest absolute Gasteiger partial charge is 0.465 e. The van der Waals surface area contributed by atoms with E-state index >= 15 is 0 Å². The molecule has 0 unspecified atom stereocenters. The monoisotopic (exact) mass is 372 g/mol. The molecule has 0 atom stereocenters. The number of carbonyl (C=O) groups is 2. The summed E-state index contributed by atoms with van der Waals surface area (Å²) in [6.07, 6.45) is 0. The van der Waals surface area contributed by atoms with Gasteiger partial charge < -0.3 is 4.74 Å². The third-order valence-electron chi connectivity index (χ3n) is 3.62. The number of hydrogen-bond donors (Lipinski definition) is 1. The number of hydrogen-bond acceptors (Lipinski definition) is 6. The number of ether oxygens (including phenoxy) is 1. The summed E-state index contributed by atoms with van der Waals surface area (Å²) < 4.78 is 4.72. The molecule has 0 spiro atoms. The lowest BCUT2D eigenvalue weighted by atomic mass is 10.0. The first-order valence-corrected chi connectivity index (χ1v) is 9.21. The first kappa shape index (κ1) is 17.3. The number of aryl methyl sites for hydroxylation is 2. The van der Waals surface area contributed by atoms with E-state index in [1.54, 1.807) is 6.92 Å². The van der Waals surface area contributed by atoms with E-state index in [0.29, 0.717) is 20.6 Å². The lowest BCUT2D eigenvalue weighted by molar-refractivity contribution is 0.0605. The molecule has 0 bridgehead atoms. The number of nitrogens with zero attached hydrogens (tertiary/aromatic N) is 1. The van der Waals surface area contributed by atoms with E-state index in [-0.39, 0.29) is 5.91 Å². The highest BCUT2D eigenvalue weighted by Crippen LogP contribution is 2.30. The molecule has 7 heteroatoms. The van der Waals surface area contributed by atoms with Crippen molar-refractivity contribution in [2.24, 2.45) is 0 Å². The van der Waals surface area contributed by atoms with Gasteiger partial charge in [-0.15, -0.1) is 11.3 Å². The van der Waals surface area contributed by atoms with Crippen LogP contribution < -0.4 is 5.32 Å². The molecule has 25 heavy (non-hydrogen) atoms. The standard InChI is InChI=1S/C18H16N2O3S2/c1-10-4-6-12(7-5-10)13-8-9-24-15(13)16(21)20-18-19-11(2)14(25-18)17(22)23-3/h4-9H,1-3H3,(H,19,20,21). The number of amides is 1. The van der Waals surface area contributed by atoms with Crippen LogP contribution in [-0.2, 0) is 4.74 Å². The predicted molar refractivity (Wildman–Crippen MR) is 101 cm³/mol. The van der Waals surface area contributed by atoms with Crippen molar-refractivity contribution < 1.29 is 14.3 Å². The van der Waals surface area contributed by atoms with Crippen LogP contribution in [0.4, 0.5) is 5.13 Å². The van der Waals surface area contributed by atoms with Crippen molar-refractivity contribution in [1.29, 1.82) is 0 Å². The smallest absolute Gasteiger partial charge is 0.350 e. The number of aromatic nitrogens is 1. The van der Waals surface area contributed by atoms with E-state index in [9.17, 15) is 9.59 Å². The predicted octanol–water partition coefficient (Wildman–Crippen LogP) is 4.53. The fourth-order valence-corrected chi connectivity index (χ4v) is 4.02. The number of anilines is 1. The van der Waals surface area contributed by atoms with Crippen LogP contribution in [0.15, 0.2) is 35.7 Å². The summed E-state index contributed by atoms with van der Waals surface area (Å²) in [7, 11) is 1.32. The molecule has 2 heterocycles. The Labute approximate surface area is 153 Å². The third kappa shape index (κ3) is 3.62. The van der Waals surface area contributed by atoms with E-state index in [1.807, 2.05) is 42.6 Å². The second-order valence-corrected chi connectivity index (χ2v) is 7.32. The number of carbonyl (C=O) groups excluding carboxylic acids is 2. The quantitative estimate of drug-likeness (QED) is 0.683. The van der Waals surface area contributed by atoms with Crippen molar-refractivity contribution in [1.82, 2.24) is 4.98 Å². The molecule has 1 aromatic carbocycles. The lowest BCUT2D eigenvalue weighted by Crippen LogP contribution is -2.11. The van der Waals surface area contributed by atoms with Gasteiger partial charge in [0.15, 0.2) is 5.13 Å². The van der Waals surface area contributed by atoms with E-state index in [0.717, 1.165) is 22.5 Å². The Hall–Kier alpha value is -2.51. The number of esters is 1. The van der Waals surface area contributed by atoms with Gasteiger partial charge >= 0.3 is 5.97 Å². The Kier molecular flexibility index (Phi) is 4.96. The zero-order valence-electron chi connectivity index (χ0n) is 14.0. The lowest BCUT2D eigenvalue weighted by Gasteiger charge is -2.04. The average molecular weight is 372 g/mol. The first-order valence-electron chi connectivity index (χ1n) is 7.51. The normalized spacial score (nSPS) is 10.5. The topological polar surface area (TPSA) is 68.3 Å². The van der Waals surface area contributed by atoms with Gasteiger partial charge in [0, 0.05) is 5.56 Å². The number of thiophene rings is 1. The van der Waals surface area contributed by atoms with Crippen molar-refractivity contribution in [3.63, 3.8) is 0 Å². The molecule has 0 fully saturated rings. The van der Waals surface area contributed by atoms with Gasteiger partial charge in [0.25, 0.3) is 5.91 Å². The SMILES string of the molecule is COC(=O)c1sc(NC(=O)c2sccc2-c2ccc(C)cc2)nc1C. The van der Waals surface area contributed by atoms with Gasteiger partial charge in [0.2, 0.25) is 0 Å². The van der Waals surface area contributed by atoms with Crippen LogP contribution in [0.2, 0.25) is 0 Å². The van der Waals surface area contributed by atoms with Gasteiger partial charge in [0.1, 0.15) is 9.75 Å². The zero-order chi connectivity index (χ0) is 18.0. The molecule has 0 saturated heterocycles. The first-order chi connectivity index (χ1) is 12.0. The summed E-state index contributed by atoms with van der Waals surface area (Å²) in [5, 5.41) is 5.04. The van der Waals surface area contributed by atoms with Crippen molar-refractivity contribution in [2.45, 2.75) is 13.8 Å². The maximum absolute atomic E-state index is 12.6. The Morgan fingerprint density at radius 1 is 1.08 bits per heavy atom. The number of nitrogens with one attached hydrogen (secondary N) is 1. The minimum atomic E-state index is -0.452. The molecular formula is C18H16N2O3S2. The molecule has 0 radical (unpaired) electrons. The van der Waals surface area contributed by atoms with E-state index in [4.69, 9.17) is 4.74 Å². The molecular weight excluding hydrogens is 356 g/mol. The van der Waals surface area contributed by atoms with Gasteiger partial charge in [-0.05, 0) is 30.9 Å². The molecule has 5 nitrogen and oxygen atoms in total. The minimum Gasteiger partial charge on any atom is -0.465 e. The van der Waals surface area contributed by atoms with E-state index < -0.39 is 5.97 Å². The van der Waals surface area contributed by atoms with Crippen LogP contribution in [0.5, 0.6) is 0 Å². The molecule has 3 aromatic rings. The molecule has 3 rings (SSSR count). The Morgan fingerprint density at radius 3 is 2.48 bits per heavy atom. The highest BCUT2D eigenvalue weighted by Gasteiger charge is 2.19. The second kappa shape index (κ2) is 7.16. The van der Waals surface area contributed by atoms with Gasteiger partial charge in [-0.1, -0.05) is 41.2 Å². The summed E-state index contributed by atoms with van der Waals surface area (Å²) in [6, 6.07) is 9.95. The van der Waals surface area contributed by atoms with Crippen molar-refractivity contribution in [2.75, 3.05) is 12.4 Å². The highest BCUT2D eigenvalue weighted by molar-refractivity contribution is 7.18. The van der Waals surface area contributed by atoms with Gasteiger partial charge in [-0.25, -0.2) is 9.78 Å². The molecule has 1 amide bonds. The minimum absolute atomic E-state index is 0.240. The maximum Gasteiger partial charge on any atom is 0.350 e. The van der Waals surface area contributed by atoms with Gasteiger partial charge in [0.05, 0.1) is 12.8 Å². The van der Waals surface area contributed by atoms with Crippen molar-refractivity contribution in [3.05, 3.63) is 56.7 Å². The number of rotatable bonds is 4. The molecule has 0 saturated carbocycles. The van der Waals surface area contributed by atoms with Crippen LogP contribution in [0, 0.1) is 13.8 Å². The summed E-state index contributed by atoms with van der Waals surface area (Å²) in [5.41, 5.74) is 3.57. The second-order valence-electron chi connectivity index (χ2n) is 5.41. The van der Waals surface area contributed by atoms with E-state index in [2.05, 4.69) is 10.3 Å². The van der Waals surface area contributed by atoms with Gasteiger partial charge in [-0.3, -0.25) is 10.1 Å². The number of methoxy groups -OCH3 is 1. The van der Waals surface area contributed by atoms with Crippen LogP contribution in [-0.4, -0.2) is 24.0 Å². The van der Waals surface area contributed by atoms with E-state index in [1.165, 1.54) is 24.0 Å². The summed E-state index contributed by atoms with van der Waals surface area (Å²) in [5.74, 6) is -0.692. The third-order valence-corrected chi connectivity index (χ3v) is 5.59. The maximum atomic E-state index is 12.6. The molecule has 0 aliphatic heterocycles. The fraction of sp³-hybridized carbons (Fsp3) is 0.167. The molecule has 0 aliphatic rings. The highest BCUT2D eigenvalue weighted by atomic mass is 32.1. The van der Waals surface area contributed by atoms with Gasteiger partial charge in [-0.2, -0.15) is 0 Å². The van der Waals surface area contributed by atoms with Crippen LogP contribution in [0.3, 0.4) is 0 Å². The Bertz CT molecular complexity index is 926. The molecule has 0 aliphatic carbocycles. The summed E-state index contributed by atoms with van der Waals surface area (Å²) in [4.78, 5) is 29.5. The number of benzene rings is 1. The number of thiazole rings is 1. The Balaban J connectivity index is 1.85. The summed E-state index contributed by atoms with van der Waals surface area (Å²) >= 11 is 2.48. The average Bonchev–Trinajstić information content (AvgIpc) is 3.21. The van der Waals surface area contributed by atoms with Crippen molar-refractivity contribution >= 4 is 39.7 Å². The summed E-state index contributed by atoms with van der Waals surface area (Å²) in [6.45, 7) is 3.73. The molecule has 1 N–H and O–H groups in total. The zero-order valence-corrected chi connectivity index (χ0v) is 15.6. The fourth-order valence-electron chi connectivity index (χ4n) is 2.33. The molecule has 2 aromatic heterocycles. The van der Waals surface area contributed by atoms with Crippen LogP contribution in [0.25, 0.3) is 11.1 Å². The molecule has 128 valence electrons. The van der Waals surface area contributed by atoms with Crippen LogP contribution >= 0.6 is 22.7 Å². The Morgan fingerprint density at radius 2 is 1.80 bits per heavy atom.